The van der Waals surface area contributed by atoms with Crippen LogP contribution in [0.1, 0.15) is 24.2 Å². The lowest BCUT2D eigenvalue weighted by atomic mass is 10.0. The molecular formula is C25H25N5O4S2. The average molecular weight is 524 g/mol. The van der Waals surface area contributed by atoms with Gasteiger partial charge in [-0.25, -0.2) is 13.4 Å². The van der Waals surface area contributed by atoms with E-state index < -0.39 is 27.9 Å². The van der Waals surface area contributed by atoms with Crippen molar-refractivity contribution >= 4 is 38.3 Å². The number of amides is 2. The molecule has 11 heteroatoms. The lowest BCUT2D eigenvalue weighted by Crippen LogP contribution is -2.47. The monoisotopic (exact) mass is 523 g/mol. The van der Waals surface area contributed by atoms with Crippen molar-refractivity contribution < 1.29 is 18.0 Å². The molecule has 0 aliphatic rings. The molecule has 2 amide bonds. The number of benzene rings is 1. The van der Waals surface area contributed by atoms with E-state index in [0.717, 1.165) is 32.6 Å². The molecule has 4 rings (SSSR count). The molecule has 3 aromatic heterocycles. The third-order valence-electron chi connectivity index (χ3n) is 5.45. The van der Waals surface area contributed by atoms with Gasteiger partial charge in [0.1, 0.15) is 6.04 Å². The van der Waals surface area contributed by atoms with Gasteiger partial charge < -0.3 is 10.6 Å². The van der Waals surface area contributed by atoms with Gasteiger partial charge in [-0.15, -0.1) is 11.3 Å². The number of carbonyl (C=O) groups is 2. The van der Waals surface area contributed by atoms with Crippen LogP contribution in [0.3, 0.4) is 0 Å². The number of nitrogens with one attached hydrogen (secondary N) is 2. The van der Waals surface area contributed by atoms with E-state index in [9.17, 15) is 18.0 Å². The standard InChI is InChI=1S/C25H25N5O4S2/c1-16(2)22(28-23(31)20-9-12-30(14-20)36(3,33)34)24(32)29-25-27-21(15-35-25)19-6-4-5-18(13-19)17-7-10-26-11-8-17/h4-16,22H,1-3H3,(H,28,31)(H,27,29,32). The lowest BCUT2D eigenvalue weighted by molar-refractivity contribution is -0.118. The number of hydrogen-bond acceptors (Lipinski definition) is 7. The van der Waals surface area contributed by atoms with Crippen LogP contribution in [0.5, 0.6) is 0 Å². The van der Waals surface area contributed by atoms with Gasteiger partial charge in [0.2, 0.25) is 15.9 Å². The van der Waals surface area contributed by atoms with Crippen molar-refractivity contribution in [1.29, 1.82) is 0 Å². The van der Waals surface area contributed by atoms with E-state index in [-0.39, 0.29) is 11.5 Å². The van der Waals surface area contributed by atoms with Gasteiger partial charge in [0.25, 0.3) is 5.91 Å². The zero-order chi connectivity index (χ0) is 25.9. The van der Waals surface area contributed by atoms with Gasteiger partial charge >= 0.3 is 0 Å². The largest absolute Gasteiger partial charge is 0.340 e. The maximum atomic E-state index is 13.0. The Hall–Kier alpha value is -3.83. The van der Waals surface area contributed by atoms with Crippen molar-refractivity contribution in [2.24, 2.45) is 5.92 Å². The van der Waals surface area contributed by atoms with Gasteiger partial charge in [0.05, 0.1) is 17.5 Å². The number of aromatic nitrogens is 3. The fourth-order valence-corrected chi connectivity index (χ4v) is 4.84. The molecule has 3 heterocycles. The molecule has 0 saturated carbocycles. The van der Waals surface area contributed by atoms with Crippen LogP contribution in [-0.4, -0.2) is 46.5 Å². The number of hydrogen-bond donors (Lipinski definition) is 2. The molecule has 0 bridgehead atoms. The van der Waals surface area contributed by atoms with Crippen LogP contribution in [0.15, 0.2) is 72.6 Å². The van der Waals surface area contributed by atoms with Gasteiger partial charge in [0, 0.05) is 35.7 Å². The zero-order valence-corrected chi connectivity index (χ0v) is 21.5. The summed E-state index contributed by atoms with van der Waals surface area (Å²) in [6.45, 7) is 3.62. The van der Waals surface area contributed by atoms with E-state index in [1.54, 1.807) is 12.4 Å². The van der Waals surface area contributed by atoms with Crippen molar-refractivity contribution in [1.82, 2.24) is 19.3 Å². The molecule has 1 atom stereocenters. The Morgan fingerprint density at radius 2 is 1.75 bits per heavy atom. The summed E-state index contributed by atoms with van der Waals surface area (Å²) in [5.74, 6) is -1.17. The summed E-state index contributed by atoms with van der Waals surface area (Å²) in [6.07, 6.45) is 7.02. The fourth-order valence-electron chi connectivity index (χ4n) is 3.53. The molecule has 0 aliphatic carbocycles. The van der Waals surface area contributed by atoms with Gasteiger partial charge in [-0.1, -0.05) is 32.0 Å². The highest BCUT2D eigenvalue weighted by molar-refractivity contribution is 7.89. The van der Waals surface area contributed by atoms with Crippen molar-refractivity contribution in [2.45, 2.75) is 19.9 Å². The van der Waals surface area contributed by atoms with Crippen molar-refractivity contribution in [3.63, 3.8) is 0 Å². The molecule has 4 aromatic rings. The second-order valence-electron chi connectivity index (χ2n) is 8.53. The molecule has 186 valence electrons. The Balaban J connectivity index is 1.46. The Morgan fingerprint density at radius 1 is 1.03 bits per heavy atom. The number of anilines is 1. The summed E-state index contributed by atoms with van der Waals surface area (Å²) in [7, 11) is -3.51. The van der Waals surface area contributed by atoms with E-state index in [4.69, 9.17) is 0 Å². The molecule has 1 unspecified atom stereocenters. The first kappa shape index (κ1) is 25.3. The summed E-state index contributed by atoms with van der Waals surface area (Å²) < 4.78 is 24.3. The van der Waals surface area contributed by atoms with Crippen LogP contribution in [0, 0.1) is 5.92 Å². The quantitative estimate of drug-likeness (QED) is 0.361. The van der Waals surface area contributed by atoms with E-state index >= 15 is 0 Å². The Labute approximate surface area is 213 Å². The van der Waals surface area contributed by atoms with E-state index in [1.807, 2.05) is 55.6 Å². The number of rotatable bonds is 8. The molecule has 0 spiro atoms. The van der Waals surface area contributed by atoms with Gasteiger partial charge in [-0.2, -0.15) is 0 Å². The molecule has 0 fully saturated rings. The molecule has 2 N–H and O–H groups in total. The maximum absolute atomic E-state index is 13.0. The molecule has 1 aromatic carbocycles. The Bertz CT molecular complexity index is 1490. The van der Waals surface area contributed by atoms with Gasteiger partial charge in [-0.05, 0) is 41.3 Å². The van der Waals surface area contributed by atoms with Gasteiger partial charge in [0.15, 0.2) is 5.13 Å². The lowest BCUT2D eigenvalue weighted by Gasteiger charge is -2.20. The molecular weight excluding hydrogens is 498 g/mol. The third-order valence-corrected chi connectivity index (χ3v) is 7.21. The smallest absolute Gasteiger partial charge is 0.253 e. The van der Waals surface area contributed by atoms with Crippen molar-refractivity contribution in [3.05, 3.63) is 78.2 Å². The fraction of sp³-hybridized carbons (Fsp3) is 0.200. The number of pyridine rings is 1. The molecule has 9 nitrogen and oxygen atoms in total. The van der Waals surface area contributed by atoms with Crippen LogP contribution in [0.4, 0.5) is 5.13 Å². The molecule has 0 saturated heterocycles. The Kier molecular flexibility index (Phi) is 7.32. The topological polar surface area (TPSA) is 123 Å². The second kappa shape index (κ2) is 10.4. The minimum Gasteiger partial charge on any atom is -0.340 e. The normalized spacial score (nSPS) is 12.3. The maximum Gasteiger partial charge on any atom is 0.253 e. The number of carbonyl (C=O) groups excluding carboxylic acids is 2. The zero-order valence-electron chi connectivity index (χ0n) is 19.9. The summed E-state index contributed by atoms with van der Waals surface area (Å²) in [5, 5.41) is 7.75. The van der Waals surface area contributed by atoms with Crippen LogP contribution in [0.2, 0.25) is 0 Å². The van der Waals surface area contributed by atoms with E-state index in [1.165, 1.54) is 29.8 Å². The van der Waals surface area contributed by atoms with E-state index in [0.29, 0.717) is 5.13 Å². The number of thiazole rings is 1. The average Bonchev–Trinajstić information content (AvgIpc) is 3.53. The molecule has 36 heavy (non-hydrogen) atoms. The third kappa shape index (κ3) is 5.86. The highest BCUT2D eigenvalue weighted by Crippen LogP contribution is 2.29. The van der Waals surface area contributed by atoms with Crippen LogP contribution in [-0.2, 0) is 14.8 Å². The summed E-state index contributed by atoms with van der Waals surface area (Å²) in [6, 6.07) is 12.3. The van der Waals surface area contributed by atoms with Crippen molar-refractivity contribution in [3.8, 4) is 22.4 Å². The number of nitrogens with zero attached hydrogens (tertiary/aromatic N) is 3. The minimum absolute atomic E-state index is 0.143. The minimum atomic E-state index is -3.51. The Morgan fingerprint density at radius 3 is 2.42 bits per heavy atom. The van der Waals surface area contributed by atoms with Crippen LogP contribution in [0.25, 0.3) is 22.4 Å². The summed E-state index contributed by atoms with van der Waals surface area (Å²) in [5.41, 5.74) is 3.84. The van der Waals surface area contributed by atoms with Crippen LogP contribution >= 0.6 is 11.3 Å². The summed E-state index contributed by atoms with van der Waals surface area (Å²) >= 11 is 1.29. The van der Waals surface area contributed by atoms with E-state index in [2.05, 4.69) is 20.6 Å². The highest BCUT2D eigenvalue weighted by atomic mass is 32.2. The first-order valence-electron chi connectivity index (χ1n) is 11.1. The molecule has 0 aliphatic heterocycles. The summed E-state index contributed by atoms with van der Waals surface area (Å²) in [4.78, 5) is 34.3. The highest BCUT2D eigenvalue weighted by Gasteiger charge is 2.26. The second-order valence-corrected chi connectivity index (χ2v) is 11.3. The first-order valence-corrected chi connectivity index (χ1v) is 13.8. The first-order chi connectivity index (χ1) is 17.1. The SMILES string of the molecule is CC(C)C(NC(=O)c1ccn(S(C)(=O)=O)c1)C(=O)Nc1nc(-c2cccc(-c3ccncc3)c2)cs1. The predicted molar refractivity (Wildman–Crippen MR) is 140 cm³/mol. The predicted octanol–water partition coefficient (Wildman–Crippen LogP) is 3.87. The van der Waals surface area contributed by atoms with Crippen molar-refractivity contribution in [2.75, 3.05) is 11.6 Å². The molecule has 0 radical (unpaired) electrons. The van der Waals surface area contributed by atoms with Gasteiger partial charge in [-0.3, -0.25) is 18.5 Å². The van der Waals surface area contributed by atoms with Crippen LogP contribution < -0.4 is 10.6 Å².